The van der Waals surface area contributed by atoms with Crippen LogP contribution in [0.3, 0.4) is 0 Å². The van der Waals surface area contributed by atoms with Crippen LogP contribution in [-0.2, 0) is 16.1 Å². The standard InChI is InChI=1S/C23H21N3O3S/c27-21-16-9-3-4-10-17(16)24-20(26-21)13-29-23(28)15-8-2-1-7-14(15)22-25-18-11-5-6-12-19(18)30-22/h3-6,9-12,14-15H,1-2,7-8,13H2,(H,24,26,27)/t14-,15+/m1/s1. The highest BCUT2D eigenvalue weighted by molar-refractivity contribution is 7.18. The van der Waals surface area contributed by atoms with Gasteiger partial charge in [0.25, 0.3) is 5.56 Å². The topological polar surface area (TPSA) is 84.9 Å². The first-order chi connectivity index (χ1) is 14.7. The molecule has 2 heterocycles. The molecule has 0 saturated heterocycles. The van der Waals surface area contributed by atoms with Gasteiger partial charge in [-0.15, -0.1) is 11.3 Å². The molecule has 2 aromatic heterocycles. The Hall–Kier alpha value is -3.06. The van der Waals surface area contributed by atoms with Gasteiger partial charge in [-0.2, -0.15) is 0 Å². The highest BCUT2D eigenvalue weighted by Gasteiger charge is 2.35. The smallest absolute Gasteiger partial charge is 0.310 e. The van der Waals surface area contributed by atoms with Crippen LogP contribution in [0.2, 0.25) is 0 Å². The summed E-state index contributed by atoms with van der Waals surface area (Å²) in [7, 11) is 0. The average molecular weight is 420 g/mol. The average Bonchev–Trinajstić information content (AvgIpc) is 3.22. The summed E-state index contributed by atoms with van der Waals surface area (Å²) in [5.74, 6) is -0.0205. The van der Waals surface area contributed by atoms with Crippen LogP contribution in [0.4, 0.5) is 0 Å². The molecule has 0 spiro atoms. The fraction of sp³-hybridized carbons (Fsp3) is 0.304. The normalized spacial score (nSPS) is 19.2. The first-order valence-corrected chi connectivity index (χ1v) is 11.0. The van der Waals surface area contributed by atoms with Crippen LogP contribution in [-0.4, -0.2) is 20.9 Å². The largest absolute Gasteiger partial charge is 0.457 e. The number of fused-ring (bicyclic) bond motifs is 2. The monoisotopic (exact) mass is 419 g/mol. The molecule has 1 saturated carbocycles. The van der Waals surface area contributed by atoms with Gasteiger partial charge in [-0.1, -0.05) is 37.1 Å². The third kappa shape index (κ3) is 3.61. The van der Waals surface area contributed by atoms with E-state index in [1.807, 2.05) is 24.3 Å². The lowest BCUT2D eigenvalue weighted by Crippen LogP contribution is -2.28. The minimum Gasteiger partial charge on any atom is -0.457 e. The number of carbonyl (C=O) groups excluding carboxylic acids is 1. The predicted octanol–water partition coefficient (Wildman–Crippen LogP) is 4.55. The summed E-state index contributed by atoms with van der Waals surface area (Å²) >= 11 is 1.66. The number of carbonyl (C=O) groups is 1. The van der Waals surface area contributed by atoms with E-state index in [2.05, 4.69) is 16.0 Å². The minimum absolute atomic E-state index is 0.0397. The molecule has 2 atom stereocenters. The lowest BCUT2D eigenvalue weighted by Gasteiger charge is -2.28. The molecular weight excluding hydrogens is 398 g/mol. The second kappa shape index (κ2) is 7.99. The van der Waals surface area contributed by atoms with Gasteiger partial charge in [-0.05, 0) is 37.1 Å². The molecule has 2 aromatic carbocycles. The fourth-order valence-corrected chi connectivity index (χ4v) is 5.37. The van der Waals surface area contributed by atoms with Crippen molar-refractivity contribution < 1.29 is 9.53 Å². The summed E-state index contributed by atoms with van der Waals surface area (Å²) in [5.41, 5.74) is 1.35. The fourth-order valence-electron chi connectivity index (χ4n) is 4.21. The van der Waals surface area contributed by atoms with Crippen molar-refractivity contribution in [3.63, 3.8) is 0 Å². The van der Waals surface area contributed by atoms with E-state index < -0.39 is 0 Å². The number of esters is 1. The van der Waals surface area contributed by atoms with Gasteiger partial charge in [-0.3, -0.25) is 9.59 Å². The molecule has 152 valence electrons. The van der Waals surface area contributed by atoms with Gasteiger partial charge in [0, 0.05) is 5.92 Å². The molecule has 1 fully saturated rings. The number of hydrogen-bond donors (Lipinski definition) is 1. The number of ether oxygens (including phenoxy) is 1. The van der Waals surface area contributed by atoms with Crippen molar-refractivity contribution in [3.8, 4) is 0 Å². The Kier molecular flexibility index (Phi) is 5.04. The zero-order valence-corrected chi connectivity index (χ0v) is 17.2. The summed E-state index contributed by atoms with van der Waals surface area (Å²) in [6.45, 7) is -0.0397. The van der Waals surface area contributed by atoms with Crippen LogP contribution >= 0.6 is 11.3 Å². The Morgan fingerprint density at radius 3 is 2.67 bits per heavy atom. The van der Waals surface area contributed by atoms with E-state index >= 15 is 0 Å². The van der Waals surface area contributed by atoms with E-state index in [1.54, 1.807) is 29.5 Å². The summed E-state index contributed by atoms with van der Waals surface area (Å²) < 4.78 is 6.74. The maximum absolute atomic E-state index is 13.0. The molecule has 1 aliphatic rings. The Morgan fingerprint density at radius 2 is 1.80 bits per heavy atom. The molecule has 30 heavy (non-hydrogen) atoms. The van der Waals surface area contributed by atoms with Crippen LogP contribution in [0.25, 0.3) is 21.1 Å². The van der Waals surface area contributed by atoms with Crippen LogP contribution in [0.5, 0.6) is 0 Å². The lowest BCUT2D eigenvalue weighted by molar-refractivity contribution is -0.152. The Balaban J connectivity index is 1.34. The number of H-pyrrole nitrogens is 1. The predicted molar refractivity (Wildman–Crippen MR) is 116 cm³/mol. The van der Waals surface area contributed by atoms with Gasteiger partial charge >= 0.3 is 5.97 Å². The molecule has 0 radical (unpaired) electrons. The van der Waals surface area contributed by atoms with E-state index in [0.29, 0.717) is 16.7 Å². The molecule has 1 aliphatic carbocycles. The molecule has 7 heteroatoms. The molecule has 5 rings (SSSR count). The quantitative estimate of drug-likeness (QED) is 0.491. The number of thiazole rings is 1. The maximum Gasteiger partial charge on any atom is 0.310 e. The number of para-hydroxylation sites is 2. The number of nitrogens with one attached hydrogen (secondary N) is 1. The Bertz CT molecular complexity index is 1250. The zero-order chi connectivity index (χ0) is 20.5. The second-order valence-corrected chi connectivity index (χ2v) is 8.72. The third-order valence-electron chi connectivity index (χ3n) is 5.71. The van der Waals surface area contributed by atoms with Crippen LogP contribution < -0.4 is 5.56 Å². The molecule has 6 nitrogen and oxygen atoms in total. The van der Waals surface area contributed by atoms with Crippen molar-refractivity contribution in [1.82, 2.24) is 15.0 Å². The Labute approximate surface area is 177 Å². The van der Waals surface area contributed by atoms with Gasteiger partial charge in [0.1, 0.15) is 12.4 Å². The molecule has 1 N–H and O–H groups in total. The number of nitrogens with zero attached hydrogens (tertiary/aromatic N) is 2. The molecule has 0 bridgehead atoms. The minimum atomic E-state index is -0.241. The number of rotatable bonds is 4. The maximum atomic E-state index is 13.0. The Morgan fingerprint density at radius 1 is 1.03 bits per heavy atom. The van der Waals surface area contributed by atoms with E-state index in [9.17, 15) is 9.59 Å². The van der Waals surface area contributed by atoms with E-state index in [-0.39, 0.29) is 30.0 Å². The van der Waals surface area contributed by atoms with Crippen LogP contribution in [0.15, 0.2) is 53.3 Å². The van der Waals surface area contributed by atoms with Crippen molar-refractivity contribution in [2.24, 2.45) is 5.92 Å². The van der Waals surface area contributed by atoms with Gasteiger partial charge in [0.15, 0.2) is 0 Å². The number of aromatic amines is 1. The van der Waals surface area contributed by atoms with Crippen molar-refractivity contribution in [3.05, 3.63) is 69.7 Å². The highest BCUT2D eigenvalue weighted by Crippen LogP contribution is 2.41. The van der Waals surface area contributed by atoms with Crippen LogP contribution in [0.1, 0.15) is 42.4 Å². The van der Waals surface area contributed by atoms with Crippen LogP contribution in [0, 0.1) is 5.92 Å². The SMILES string of the molecule is O=C(OCc1nc2ccccc2c(=O)[nH]1)[C@H]1CCCC[C@H]1c1nc2ccccc2s1. The first-order valence-electron chi connectivity index (χ1n) is 10.2. The van der Waals surface area contributed by atoms with Crippen molar-refractivity contribution >= 4 is 38.4 Å². The summed E-state index contributed by atoms with van der Waals surface area (Å²) in [6, 6.07) is 15.2. The van der Waals surface area contributed by atoms with Gasteiger partial charge in [0.05, 0.1) is 32.0 Å². The highest BCUT2D eigenvalue weighted by atomic mass is 32.1. The molecule has 0 unspecified atom stereocenters. The first kappa shape index (κ1) is 18.9. The van der Waals surface area contributed by atoms with Crippen molar-refractivity contribution in [2.75, 3.05) is 0 Å². The molecular formula is C23H21N3O3S. The molecule has 0 aliphatic heterocycles. The molecule has 4 aromatic rings. The number of benzene rings is 2. The van der Waals surface area contributed by atoms with E-state index in [0.717, 1.165) is 40.9 Å². The van der Waals surface area contributed by atoms with Gasteiger partial charge in [-0.25, -0.2) is 9.97 Å². The molecule has 0 amide bonds. The summed E-state index contributed by atoms with van der Waals surface area (Å²) in [5, 5.41) is 1.53. The summed E-state index contributed by atoms with van der Waals surface area (Å²) in [4.78, 5) is 37.1. The van der Waals surface area contributed by atoms with Crippen molar-refractivity contribution in [2.45, 2.75) is 38.2 Å². The van der Waals surface area contributed by atoms with Crippen molar-refractivity contribution in [1.29, 1.82) is 0 Å². The van der Waals surface area contributed by atoms with Gasteiger partial charge < -0.3 is 9.72 Å². The van der Waals surface area contributed by atoms with E-state index in [4.69, 9.17) is 9.72 Å². The lowest BCUT2D eigenvalue weighted by atomic mass is 9.79. The van der Waals surface area contributed by atoms with Gasteiger partial charge in [0.2, 0.25) is 0 Å². The number of aromatic nitrogens is 3. The van der Waals surface area contributed by atoms with E-state index in [1.165, 1.54) is 0 Å². The number of hydrogen-bond acceptors (Lipinski definition) is 6. The second-order valence-electron chi connectivity index (χ2n) is 7.65. The third-order valence-corrected chi connectivity index (χ3v) is 6.88. The zero-order valence-electron chi connectivity index (χ0n) is 16.3. The summed E-state index contributed by atoms with van der Waals surface area (Å²) in [6.07, 6.45) is 3.82.